The van der Waals surface area contributed by atoms with Crippen molar-refractivity contribution >= 4 is 29.5 Å². The minimum absolute atomic E-state index is 0.186. The van der Waals surface area contributed by atoms with E-state index in [1.54, 1.807) is 24.3 Å². The van der Waals surface area contributed by atoms with Gasteiger partial charge in [0.25, 0.3) is 5.91 Å². The number of anilines is 1. The van der Waals surface area contributed by atoms with Crippen LogP contribution >= 0.6 is 0 Å². The Morgan fingerprint density at radius 3 is 2.34 bits per heavy atom. The van der Waals surface area contributed by atoms with E-state index in [1.807, 2.05) is 18.2 Å². The van der Waals surface area contributed by atoms with Gasteiger partial charge in [0.1, 0.15) is 0 Å². The lowest BCUT2D eigenvalue weighted by Gasteiger charge is -2.36. The van der Waals surface area contributed by atoms with Crippen LogP contribution in [-0.2, 0) is 14.3 Å². The standard InChI is InChI=1S/C25H27N3O4/c1-32-25(31)20-9-11-21(12-10-20)28-23(29)18-22(24(28)30)27-16-14-26(15-17-27)13-5-8-19-6-3-2-4-7-19/h2-12,22H,13-18H2,1H3. The molecule has 2 heterocycles. The molecule has 0 saturated carbocycles. The molecule has 0 aliphatic carbocycles. The molecule has 2 aliphatic rings. The summed E-state index contributed by atoms with van der Waals surface area (Å²) in [4.78, 5) is 43.0. The molecule has 2 aliphatic heterocycles. The quantitative estimate of drug-likeness (QED) is 0.515. The summed E-state index contributed by atoms with van der Waals surface area (Å²) >= 11 is 0. The summed E-state index contributed by atoms with van der Waals surface area (Å²) in [5.41, 5.74) is 2.05. The highest BCUT2D eigenvalue weighted by molar-refractivity contribution is 6.22. The van der Waals surface area contributed by atoms with Crippen molar-refractivity contribution in [3.05, 3.63) is 71.8 Å². The van der Waals surface area contributed by atoms with Crippen molar-refractivity contribution in [2.75, 3.05) is 44.7 Å². The summed E-state index contributed by atoms with van der Waals surface area (Å²) in [7, 11) is 1.31. The average molecular weight is 434 g/mol. The highest BCUT2D eigenvalue weighted by Crippen LogP contribution is 2.26. The van der Waals surface area contributed by atoms with Gasteiger partial charge in [0, 0.05) is 32.7 Å². The van der Waals surface area contributed by atoms with Crippen molar-refractivity contribution in [1.29, 1.82) is 0 Å². The van der Waals surface area contributed by atoms with Gasteiger partial charge < -0.3 is 4.74 Å². The van der Waals surface area contributed by atoms with E-state index < -0.39 is 12.0 Å². The fraction of sp³-hybridized carbons (Fsp3) is 0.320. The Balaban J connectivity index is 1.32. The smallest absolute Gasteiger partial charge is 0.337 e. The van der Waals surface area contributed by atoms with Crippen LogP contribution in [0, 0.1) is 0 Å². The third-order valence-electron chi connectivity index (χ3n) is 5.99. The number of carbonyl (C=O) groups is 3. The first-order valence-corrected chi connectivity index (χ1v) is 10.8. The zero-order chi connectivity index (χ0) is 22.5. The number of carbonyl (C=O) groups excluding carboxylic acids is 3. The molecule has 0 N–H and O–H groups in total. The molecule has 2 saturated heterocycles. The van der Waals surface area contributed by atoms with Crippen LogP contribution in [-0.4, -0.2) is 73.5 Å². The van der Waals surface area contributed by atoms with Gasteiger partial charge in [0.05, 0.1) is 30.8 Å². The minimum Gasteiger partial charge on any atom is -0.465 e. The normalized spacial score (nSPS) is 20.3. The second-order valence-electron chi connectivity index (χ2n) is 7.98. The predicted octanol–water partition coefficient (Wildman–Crippen LogP) is 2.44. The van der Waals surface area contributed by atoms with Gasteiger partial charge in [-0.15, -0.1) is 0 Å². The van der Waals surface area contributed by atoms with Gasteiger partial charge in [0.2, 0.25) is 5.91 Å². The third-order valence-corrected chi connectivity index (χ3v) is 5.99. The van der Waals surface area contributed by atoms with Gasteiger partial charge in [0.15, 0.2) is 0 Å². The van der Waals surface area contributed by atoms with Crippen LogP contribution in [0.4, 0.5) is 5.69 Å². The Morgan fingerprint density at radius 2 is 1.69 bits per heavy atom. The number of rotatable bonds is 6. The number of nitrogens with zero attached hydrogens (tertiary/aromatic N) is 3. The van der Waals surface area contributed by atoms with Crippen LogP contribution in [0.15, 0.2) is 60.7 Å². The Morgan fingerprint density at radius 1 is 1.00 bits per heavy atom. The van der Waals surface area contributed by atoms with E-state index in [0.717, 1.165) is 32.7 Å². The highest BCUT2D eigenvalue weighted by atomic mass is 16.5. The first kappa shape index (κ1) is 21.9. The molecule has 0 spiro atoms. The molecule has 1 unspecified atom stereocenters. The van der Waals surface area contributed by atoms with Crippen LogP contribution in [0.1, 0.15) is 22.3 Å². The molecule has 1 atom stereocenters. The van der Waals surface area contributed by atoms with Gasteiger partial charge in [-0.1, -0.05) is 42.5 Å². The molecule has 2 aromatic carbocycles. The van der Waals surface area contributed by atoms with Crippen molar-refractivity contribution in [3.63, 3.8) is 0 Å². The van der Waals surface area contributed by atoms with Crippen molar-refractivity contribution in [3.8, 4) is 0 Å². The third kappa shape index (κ3) is 4.79. The second-order valence-corrected chi connectivity index (χ2v) is 7.98. The summed E-state index contributed by atoms with van der Waals surface area (Å²) in [6.45, 7) is 4.06. The van der Waals surface area contributed by atoms with Crippen molar-refractivity contribution < 1.29 is 19.1 Å². The van der Waals surface area contributed by atoms with E-state index >= 15 is 0 Å². The van der Waals surface area contributed by atoms with E-state index in [9.17, 15) is 14.4 Å². The summed E-state index contributed by atoms with van der Waals surface area (Å²) in [5.74, 6) is -0.859. The fourth-order valence-electron chi connectivity index (χ4n) is 4.20. The Labute approximate surface area is 187 Å². The lowest BCUT2D eigenvalue weighted by Crippen LogP contribution is -2.52. The summed E-state index contributed by atoms with van der Waals surface area (Å²) < 4.78 is 4.69. The van der Waals surface area contributed by atoms with E-state index in [1.165, 1.54) is 17.6 Å². The van der Waals surface area contributed by atoms with E-state index in [0.29, 0.717) is 11.3 Å². The topological polar surface area (TPSA) is 70.2 Å². The number of ether oxygens (including phenoxy) is 1. The zero-order valence-electron chi connectivity index (χ0n) is 18.1. The molecule has 32 heavy (non-hydrogen) atoms. The van der Waals surface area contributed by atoms with Crippen molar-refractivity contribution in [1.82, 2.24) is 9.80 Å². The van der Waals surface area contributed by atoms with Crippen LogP contribution in [0.2, 0.25) is 0 Å². The maximum Gasteiger partial charge on any atom is 0.337 e. The minimum atomic E-state index is -0.454. The first-order valence-electron chi connectivity index (χ1n) is 10.8. The largest absolute Gasteiger partial charge is 0.465 e. The van der Waals surface area contributed by atoms with Crippen LogP contribution < -0.4 is 4.90 Å². The zero-order valence-corrected chi connectivity index (χ0v) is 18.1. The van der Waals surface area contributed by atoms with Crippen molar-refractivity contribution in [2.24, 2.45) is 0 Å². The monoisotopic (exact) mass is 433 g/mol. The van der Waals surface area contributed by atoms with Crippen LogP contribution in [0.5, 0.6) is 0 Å². The summed E-state index contributed by atoms with van der Waals surface area (Å²) in [6, 6.07) is 16.1. The lowest BCUT2D eigenvalue weighted by molar-refractivity contribution is -0.123. The lowest BCUT2D eigenvalue weighted by atomic mass is 10.1. The maximum atomic E-state index is 13.0. The predicted molar refractivity (Wildman–Crippen MR) is 122 cm³/mol. The van der Waals surface area contributed by atoms with E-state index in [2.05, 4.69) is 34.1 Å². The Hall–Kier alpha value is -3.29. The number of hydrogen-bond donors (Lipinski definition) is 0. The molecule has 2 fully saturated rings. The SMILES string of the molecule is COC(=O)c1ccc(N2C(=O)CC(N3CCN(CC=Cc4ccccc4)CC3)C2=O)cc1. The number of hydrogen-bond acceptors (Lipinski definition) is 6. The van der Waals surface area contributed by atoms with Gasteiger partial charge in [-0.25, -0.2) is 9.69 Å². The molecule has 0 radical (unpaired) electrons. The molecule has 0 aromatic heterocycles. The summed E-state index contributed by atoms with van der Waals surface area (Å²) in [5, 5.41) is 0. The molecule has 2 aromatic rings. The first-order chi connectivity index (χ1) is 15.6. The maximum absolute atomic E-state index is 13.0. The summed E-state index contributed by atoms with van der Waals surface area (Å²) in [6.07, 6.45) is 4.47. The number of esters is 1. The van der Waals surface area contributed by atoms with Gasteiger partial charge in [-0.05, 0) is 29.8 Å². The number of benzene rings is 2. The number of imide groups is 1. The van der Waals surface area contributed by atoms with Gasteiger partial charge in [-0.2, -0.15) is 0 Å². The van der Waals surface area contributed by atoms with E-state index in [4.69, 9.17) is 4.74 Å². The number of amides is 2. The molecule has 0 bridgehead atoms. The number of methoxy groups -OCH3 is 1. The Bertz CT molecular complexity index is 996. The van der Waals surface area contributed by atoms with Gasteiger partial charge >= 0.3 is 5.97 Å². The molecule has 4 rings (SSSR count). The molecular formula is C25H27N3O4. The van der Waals surface area contributed by atoms with E-state index in [-0.39, 0.29) is 18.2 Å². The molecule has 7 heteroatoms. The second kappa shape index (κ2) is 9.89. The molecule has 7 nitrogen and oxygen atoms in total. The average Bonchev–Trinajstić information content (AvgIpc) is 3.13. The fourth-order valence-corrected chi connectivity index (χ4v) is 4.20. The highest BCUT2D eigenvalue weighted by Gasteiger charge is 2.43. The Kier molecular flexibility index (Phi) is 6.78. The number of piperazine rings is 1. The van der Waals surface area contributed by atoms with Gasteiger partial charge in [-0.3, -0.25) is 19.4 Å². The molecular weight excluding hydrogens is 406 g/mol. The molecule has 166 valence electrons. The van der Waals surface area contributed by atoms with Crippen LogP contribution in [0.25, 0.3) is 6.08 Å². The molecule has 2 amide bonds. The van der Waals surface area contributed by atoms with Crippen molar-refractivity contribution in [2.45, 2.75) is 12.5 Å². The van der Waals surface area contributed by atoms with Crippen LogP contribution in [0.3, 0.4) is 0 Å².